The predicted molar refractivity (Wildman–Crippen MR) is 56.2 cm³/mol. The van der Waals surface area contributed by atoms with Crippen molar-refractivity contribution in [2.45, 2.75) is 31.7 Å². The van der Waals surface area contributed by atoms with Gasteiger partial charge in [-0.3, -0.25) is 0 Å². The van der Waals surface area contributed by atoms with Gasteiger partial charge in [0.2, 0.25) is 0 Å². The maximum absolute atomic E-state index is 12.0. The van der Waals surface area contributed by atoms with E-state index in [2.05, 4.69) is 4.74 Å². The second kappa shape index (κ2) is 4.88. The molecule has 1 aliphatic rings. The molecule has 6 heteroatoms. The molecule has 2 rings (SSSR count). The number of alkyl halides is 3. The SMILES string of the molecule is O=C(OC1CCC1)c1cccc(OC(F)(F)F)c1. The summed E-state index contributed by atoms with van der Waals surface area (Å²) in [6.07, 6.45) is -2.25. The van der Waals surface area contributed by atoms with E-state index in [9.17, 15) is 18.0 Å². The second-order valence-electron chi connectivity index (χ2n) is 4.03. The molecule has 0 aliphatic heterocycles. The molecule has 0 N–H and O–H groups in total. The van der Waals surface area contributed by atoms with Gasteiger partial charge in [0.15, 0.2) is 0 Å². The van der Waals surface area contributed by atoms with Crippen LogP contribution in [-0.2, 0) is 4.74 Å². The zero-order valence-electron chi connectivity index (χ0n) is 9.37. The molecule has 1 saturated carbocycles. The van der Waals surface area contributed by atoms with Crippen LogP contribution in [0, 0.1) is 0 Å². The van der Waals surface area contributed by atoms with Crippen LogP contribution in [0.1, 0.15) is 29.6 Å². The van der Waals surface area contributed by atoms with Crippen molar-refractivity contribution < 1.29 is 27.4 Å². The fourth-order valence-corrected chi connectivity index (χ4v) is 1.53. The Hall–Kier alpha value is -1.72. The van der Waals surface area contributed by atoms with E-state index < -0.39 is 18.1 Å². The Kier molecular flexibility index (Phi) is 3.45. The van der Waals surface area contributed by atoms with E-state index in [-0.39, 0.29) is 11.7 Å². The van der Waals surface area contributed by atoms with Crippen LogP contribution in [0.3, 0.4) is 0 Å². The standard InChI is InChI=1S/C12H11F3O3/c13-12(14,15)18-10-6-1-3-8(7-10)11(16)17-9-4-2-5-9/h1,3,6-7,9H,2,4-5H2. The molecule has 98 valence electrons. The van der Waals surface area contributed by atoms with Gasteiger partial charge in [0, 0.05) is 0 Å². The zero-order valence-corrected chi connectivity index (χ0v) is 9.37. The average Bonchev–Trinajstić information content (AvgIpc) is 2.21. The first-order chi connectivity index (χ1) is 8.44. The molecule has 1 aliphatic carbocycles. The molecule has 0 unspecified atom stereocenters. The summed E-state index contributed by atoms with van der Waals surface area (Å²) < 4.78 is 44.8. The highest BCUT2D eigenvalue weighted by molar-refractivity contribution is 5.90. The van der Waals surface area contributed by atoms with Gasteiger partial charge in [-0.25, -0.2) is 4.79 Å². The van der Waals surface area contributed by atoms with E-state index in [0.717, 1.165) is 31.4 Å². The minimum Gasteiger partial charge on any atom is -0.459 e. The van der Waals surface area contributed by atoms with E-state index in [4.69, 9.17) is 4.74 Å². The molecule has 1 fully saturated rings. The third kappa shape index (κ3) is 3.38. The molecule has 3 nitrogen and oxygen atoms in total. The number of carbonyl (C=O) groups is 1. The fraction of sp³-hybridized carbons (Fsp3) is 0.417. The van der Waals surface area contributed by atoms with Crippen molar-refractivity contribution in [1.82, 2.24) is 0 Å². The number of hydrogen-bond donors (Lipinski definition) is 0. The number of esters is 1. The Labute approximate surface area is 102 Å². The first-order valence-electron chi connectivity index (χ1n) is 5.51. The summed E-state index contributed by atoms with van der Waals surface area (Å²) in [5.41, 5.74) is 0.0589. The second-order valence-corrected chi connectivity index (χ2v) is 4.03. The topological polar surface area (TPSA) is 35.5 Å². The van der Waals surface area contributed by atoms with Crippen molar-refractivity contribution >= 4 is 5.97 Å². The molecular formula is C12H11F3O3. The molecule has 0 spiro atoms. The number of rotatable bonds is 3. The van der Waals surface area contributed by atoms with Gasteiger partial charge in [0.25, 0.3) is 0 Å². The molecule has 1 aromatic carbocycles. The zero-order chi connectivity index (χ0) is 13.2. The highest BCUT2D eigenvalue weighted by Crippen LogP contribution is 2.26. The fourth-order valence-electron chi connectivity index (χ4n) is 1.53. The Morgan fingerprint density at radius 3 is 2.56 bits per heavy atom. The maximum atomic E-state index is 12.0. The van der Waals surface area contributed by atoms with Gasteiger partial charge in [-0.05, 0) is 37.5 Å². The van der Waals surface area contributed by atoms with E-state index in [1.165, 1.54) is 12.1 Å². The molecule has 1 aromatic rings. The Morgan fingerprint density at radius 2 is 2.00 bits per heavy atom. The van der Waals surface area contributed by atoms with Crippen molar-refractivity contribution in [3.05, 3.63) is 29.8 Å². The lowest BCUT2D eigenvalue weighted by molar-refractivity contribution is -0.274. The number of hydrogen-bond acceptors (Lipinski definition) is 3. The van der Waals surface area contributed by atoms with Gasteiger partial charge < -0.3 is 9.47 Å². The van der Waals surface area contributed by atoms with E-state index in [1.807, 2.05) is 0 Å². The van der Waals surface area contributed by atoms with Crippen LogP contribution in [0.4, 0.5) is 13.2 Å². The summed E-state index contributed by atoms with van der Waals surface area (Å²) in [7, 11) is 0. The van der Waals surface area contributed by atoms with Crippen molar-refractivity contribution in [3.8, 4) is 5.75 Å². The molecule has 0 atom stereocenters. The maximum Gasteiger partial charge on any atom is 0.573 e. The van der Waals surface area contributed by atoms with E-state index in [0.29, 0.717) is 0 Å². The minimum atomic E-state index is -4.77. The van der Waals surface area contributed by atoms with Gasteiger partial charge in [0.1, 0.15) is 11.9 Å². The summed E-state index contributed by atoms with van der Waals surface area (Å²) >= 11 is 0. The first kappa shape index (κ1) is 12.7. The normalized spacial score (nSPS) is 15.9. The third-order valence-electron chi connectivity index (χ3n) is 2.63. The average molecular weight is 260 g/mol. The van der Waals surface area contributed by atoms with E-state index in [1.54, 1.807) is 0 Å². The van der Waals surface area contributed by atoms with Crippen LogP contribution in [-0.4, -0.2) is 18.4 Å². The van der Waals surface area contributed by atoms with Crippen LogP contribution >= 0.6 is 0 Å². The molecule has 0 heterocycles. The van der Waals surface area contributed by atoms with Gasteiger partial charge in [-0.1, -0.05) is 6.07 Å². The lowest BCUT2D eigenvalue weighted by atomic mass is 9.96. The Morgan fingerprint density at radius 1 is 1.28 bits per heavy atom. The van der Waals surface area contributed by atoms with Crippen molar-refractivity contribution in [1.29, 1.82) is 0 Å². The highest BCUT2D eigenvalue weighted by Gasteiger charge is 2.31. The molecule has 18 heavy (non-hydrogen) atoms. The number of halogens is 3. The molecular weight excluding hydrogens is 249 g/mol. The van der Waals surface area contributed by atoms with Gasteiger partial charge in [0.05, 0.1) is 5.56 Å². The van der Waals surface area contributed by atoms with E-state index >= 15 is 0 Å². The lowest BCUT2D eigenvalue weighted by Gasteiger charge is -2.25. The number of benzene rings is 1. The van der Waals surface area contributed by atoms with Gasteiger partial charge in [-0.15, -0.1) is 13.2 Å². The molecule has 0 aromatic heterocycles. The lowest BCUT2D eigenvalue weighted by Crippen LogP contribution is -2.25. The van der Waals surface area contributed by atoms with Crippen molar-refractivity contribution in [3.63, 3.8) is 0 Å². The van der Waals surface area contributed by atoms with Crippen LogP contribution < -0.4 is 4.74 Å². The third-order valence-corrected chi connectivity index (χ3v) is 2.63. The highest BCUT2D eigenvalue weighted by atomic mass is 19.4. The molecule has 0 amide bonds. The van der Waals surface area contributed by atoms with Gasteiger partial charge in [-0.2, -0.15) is 0 Å². The van der Waals surface area contributed by atoms with Crippen LogP contribution in [0.25, 0.3) is 0 Å². The van der Waals surface area contributed by atoms with Gasteiger partial charge >= 0.3 is 12.3 Å². The van der Waals surface area contributed by atoms with Crippen molar-refractivity contribution in [2.75, 3.05) is 0 Å². The summed E-state index contributed by atoms with van der Waals surface area (Å²) in [6.45, 7) is 0. The Balaban J connectivity index is 2.03. The summed E-state index contributed by atoms with van der Waals surface area (Å²) in [5.74, 6) is -1.04. The quantitative estimate of drug-likeness (QED) is 0.782. The summed E-state index contributed by atoms with van der Waals surface area (Å²) in [5, 5.41) is 0. The van der Waals surface area contributed by atoms with Crippen LogP contribution in [0.15, 0.2) is 24.3 Å². The molecule has 0 radical (unpaired) electrons. The monoisotopic (exact) mass is 260 g/mol. The number of ether oxygens (including phenoxy) is 2. The first-order valence-corrected chi connectivity index (χ1v) is 5.51. The smallest absolute Gasteiger partial charge is 0.459 e. The largest absolute Gasteiger partial charge is 0.573 e. The Bertz CT molecular complexity index is 438. The van der Waals surface area contributed by atoms with Crippen LogP contribution in [0.5, 0.6) is 5.75 Å². The molecule has 0 bridgehead atoms. The molecule has 0 saturated heterocycles. The van der Waals surface area contributed by atoms with Crippen LogP contribution in [0.2, 0.25) is 0 Å². The summed E-state index contributed by atoms with van der Waals surface area (Å²) in [4.78, 5) is 11.6. The minimum absolute atomic E-state index is 0.0589. The summed E-state index contributed by atoms with van der Waals surface area (Å²) in [6, 6.07) is 4.87. The van der Waals surface area contributed by atoms with Crippen molar-refractivity contribution in [2.24, 2.45) is 0 Å². The number of carbonyl (C=O) groups excluding carboxylic acids is 1. The predicted octanol–water partition coefficient (Wildman–Crippen LogP) is 3.29.